The van der Waals surface area contributed by atoms with Gasteiger partial charge in [0.2, 0.25) is 0 Å². The summed E-state index contributed by atoms with van der Waals surface area (Å²) in [5.74, 6) is 3.40. The molecule has 0 saturated carbocycles. The molecule has 6 aromatic rings. The Kier molecular flexibility index (Phi) is 7.52. The van der Waals surface area contributed by atoms with E-state index in [-0.39, 0.29) is 22.3 Å². The average molecular weight is 610 g/mol. The summed E-state index contributed by atoms with van der Waals surface area (Å²) in [6.45, 7) is 1.18. The lowest BCUT2D eigenvalue weighted by molar-refractivity contribution is -0.140. The Morgan fingerprint density at radius 2 is 1.73 bits per heavy atom. The number of fused-ring (bicyclic) bond motifs is 1. The fourth-order valence-corrected chi connectivity index (χ4v) is 5.04. The molecule has 0 atom stereocenters. The van der Waals surface area contributed by atoms with Gasteiger partial charge in [0.25, 0.3) is 5.91 Å². The summed E-state index contributed by atoms with van der Waals surface area (Å²) in [6, 6.07) is 14.4. The van der Waals surface area contributed by atoms with Gasteiger partial charge in [-0.25, -0.2) is 9.37 Å². The topological polar surface area (TPSA) is 89.1 Å². The highest BCUT2D eigenvalue weighted by atomic mass is 19.4. The van der Waals surface area contributed by atoms with Gasteiger partial charge in [0.1, 0.15) is 5.69 Å². The number of carbonyl (C=O) groups excluding carboxylic acids is 1. The van der Waals surface area contributed by atoms with Crippen LogP contribution in [0.4, 0.5) is 34.6 Å². The third kappa shape index (κ3) is 5.71. The number of hydrogen-bond acceptors (Lipinski definition) is 5. The number of aryl methyl sites for hydroxylation is 1. The summed E-state index contributed by atoms with van der Waals surface area (Å²) in [5, 5.41) is 9.77. The highest BCUT2D eigenvalue weighted by Gasteiger charge is 2.40. The van der Waals surface area contributed by atoms with Crippen LogP contribution in [0.3, 0.4) is 0 Å². The van der Waals surface area contributed by atoms with Crippen LogP contribution in [0.25, 0.3) is 16.8 Å². The smallest absolute Gasteiger partial charge is 0.350 e. The van der Waals surface area contributed by atoms with Gasteiger partial charge in [0, 0.05) is 43.0 Å². The van der Waals surface area contributed by atoms with Gasteiger partial charge in [0.15, 0.2) is 11.5 Å². The van der Waals surface area contributed by atoms with Crippen LogP contribution in [0.1, 0.15) is 32.7 Å². The molecule has 1 amide bonds. The summed E-state index contributed by atoms with van der Waals surface area (Å²) in [6.07, 6.45) is 4.42. The molecule has 4 heterocycles. The maximum Gasteiger partial charge on any atom is 0.419 e. The molecule has 2 aromatic carbocycles. The second-order valence-corrected chi connectivity index (χ2v) is 10.0. The lowest BCUT2D eigenvalue weighted by Gasteiger charge is -2.21. The van der Waals surface area contributed by atoms with E-state index >= 15 is 4.39 Å². The van der Waals surface area contributed by atoms with E-state index in [0.717, 1.165) is 5.69 Å². The predicted molar refractivity (Wildman–Crippen MR) is 161 cm³/mol. The van der Waals surface area contributed by atoms with Crippen LogP contribution in [0, 0.1) is 24.6 Å². The molecular formula is C33H23F4N7O. The summed E-state index contributed by atoms with van der Waals surface area (Å²) in [4.78, 5) is 21.6. The molecule has 0 aliphatic rings. The minimum absolute atomic E-state index is 0.00902. The molecule has 0 spiro atoms. The van der Waals surface area contributed by atoms with Gasteiger partial charge in [-0.05, 0) is 60.4 Å². The second kappa shape index (κ2) is 11.6. The SMILES string of the molecule is Cc1c(-c2ccncc2)c(C#Cc2cnc3c(Nc4cnn(C)c4)cccn23)c(NC(=O)c2ccccc2)c(F)c1C(F)(F)F. The molecule has 0 radical (unpaired) electrons. The zero-order chi connectivity index (χ0) is 31.7. The Bertz CT molecular complexity index is 2110. The van der Waals surface area contributed by atoms with E-state index in [1.807, 2.05) is 6.07 Å². The zero-order valence-electron chi connectivity index (χ0n) is 23.8. The molecule has 0 bridgehead atoms. The third-order valence-corrected chi connectivity index (χ3v) is 7.05. The molecule has 4 aromatic heterocycles. The number of alkyl halides is 3. The summed E-state index contributed by atoms with van der Waals surface area (Å²) >= 11 is 0. The summed E-state index contributed by atoms with van der Waals surface area (Å²) in [5.41, 5.74) is 0.0433. The molecule has 12 heteroatoms. The molecule has 2 N–H and O–H groups in total. The monoisotopic (exact) mass is 609 g/mol. The molecule has 0 saturated heterocycles. The van der Waals surface area contributed by atoms with Gasteiger partial charge >= 0.3 is 6.18 Å². The number of anilines is 3. The molecule has 0 unspecified atom stereocenters. The third-order valence-electron chi connectivity index (χ3n) is 7.05. The number of aromatic nitrogens is 5. The predicted octanol–water partition coefficient (Wildman–Crippen LogP) is 6.99. The van der Waals surface area contributed by atoms with Crippen LogP contribution in [-0.4, -0.2) is 30.1 Å². The first-order valence-corrected chi connectivity index (χ1v) is 13.6. The highest BCUT2D eigenvalue weighted by molar-refractivity contribution is 6.06. The number of nitrogens with zero attached hydrogens (tertiary/aromatic N) is 5. The quantitative estimate of drug-likeness (QED) is 0.163. The number of rotatable bonds is 5. The van der Waals surface area contributed by atoms with Crippen LogP contribution >= 0.6 is 0 Å². The highest BCUT2D eigenvalue weighted by Crippen LogP contribution is 2.44. The standard InChI is InChI=1S/C33H23F4N7O/c1-20-27(21-12-14-38-15-13-21)25(30(29(34)28(20)33(35,36)37)42-32(45)22-7-4-3-5-8-22)11-10-24-18-39-31-26(9-6-16-44(24)31)41-23-17-40-43(2)19-23/h3-9,12-19,41H,1-2H3,(H,42,45). The van der Waals surface area contributed by atoms with Gasteiger partial charge in [-0.3, -0.25) is 18.9 Å². The summed E-state index contributed by atoms with van der Waals surface area (Å²) < 4.78 is 62.3. The molecule has 8 nitrogen and oxygen atoms in total. The van der Waals surface area contributed by atoms with Crippen molar-refractivity contribution < 1.29 is 22.4 Å². The van der Waals surface area contributed by atoms with Crippen LogP contribution < -0.4 is 10.6 Å². The van der Waals surface area contributed by atoms with Crippen molar-refractivity contribution in [1.82, 2.24) is 24.1 Å². The molecule has 0 aliphatic carbocycles. The van der Waals surface area contributed by atoms with Gasteiger partial charge in [0.05, 0.1) is 40.6 Å². The van der Waals surface area contributed by atoms with Gasteiger partial charge in [-0.1, -0.05) is 24.1 Å². The lowest BCUT2D eigenvalue weighted by Crippen LogP contribution is -2.19. The van der Waals surface area contributed by atoms with Gasteiger partial charge in [-0.2, -0.15) is 18.3 Å². The number of amides is 1. The molecule has 45 heavy (non-hydrogen) atoms. The fraction of sp³-hybridized carbons (Fsp3) is 0.0909. The molecule has 6 rings (SSSR count). The van der Waals surface area contributed by atoms with Crippen LogP contribution in [0.2, 0.25) is 0 Å². The Balaban J connectivity index is 1.55. The van der Waals surface area contributed by atoms with Crippen LogP contribution in [-0.2, 0) is 13.2 Å². The van der Waals surface area contributed by atoms with Crippen molar-refractivity contribution in [3.8, 4) is 23.0 Å². The Morgan fingerprint density at radius 1 is 0.978 bits per heavy atom. The van der Waals surface area contributed by atoms with Crippen molar-refractivity contribution in [3.05, 3.63) is 126 Å². The van der Waals surface area contributed by atoms with Crippen LogP contribution in [0.5, 0.6) is 0 Å². The van der Waals surface area contributed by atoms with Crippen molar-refractivity contribution in [1.29, 1.82) is 0 Å². The second-order valence-electron chi connectivity index (χ2n) is 10.0. The minimum atomic E-state index is -5.06. The first-order valence-electron chi connectivity index (χ1n) is 13.6. The maximum atomic E-state index is 16.0. The van der Waals surface area contributed by atoms with E-state index in [1.165, 1.54) is 49.8 Å². The van der Waals surface area contributed by atoms with Gasteiger partial charge < -0.3 is 10.6 Å². The number of carbonyl (C=O) groups is 1. The molecule has 0 aliphatic heterocycles. The number of pyridine rings is 2. The average Bonchev–Trinajstić information content (AvgIpc) is 3.63. The first kappa shape index (κ1) is 29.1. The van der Waals surface area contributed by atoms with E-state index in [2.05, 4.69) is 37.5 Å². The number of benzene rings is 2. The number of hydrogen-bond donors (Lipinski definition) is 2. The minimum Gasteiger partial charge on any atom is -0.350 e. The Labute approximate surface area is 254 Å². The number of imidazole rings is 1. The van der Waals surface area contributed by atoms with Crippen molar-refractivity contribution in [2.24, 2.45) is 7.05 Å². The van der Waals surface area contributed by atoms with E-state index in [4.69, 9.17) is 0 Å². The van der Waals surface area contributed by atoms with E-state index in [0.29, 0.717) is 22.6 Å². The molecular weight excluding hydrogens is 586 g/mol. The van der Waals surface area contributed by atoms with Crippen molar-refractivity contribution >= 4 is 28.6 Å². The molecule has 224 valence electrons. The number of nitrogens with one attached hydrogen (secondary N) is 2. The first-order chi connectivity index (χ1) is 21.6. The van der Waals surface area contributed by atoms with Crippen molar-refractivity contribution in [2.45, 2.75) is 13.1 Å². The van der Waals surface area contributed by atoms with Gasteiger partial charge in [-0.15, -0.1) is 0 Å². The van der Waals surface area contributed by atoms with E-state index < -0.39 is 29.2 Å². The fourth-order valence-electron chi connectivity index (χ4n) is 5.04. The van der Waals surface area contributed by atoms with Crippen molar-refractivity contribution in [2.75, 3.05) is 10.6 Å². The largest absolute Gasteiger partial charge is 0.419 e. The van der Waals surface area contributed by atoms with E-state index in [1.54, 1.807) is 59.0 Å². The Morgan fingerprint density at radius 3 is 2.42 bits per heavy atom. The van der Waals surface area contributed by atoms with Crippen molar-refractivity contribution in [3.63, 3.8) is 0 Å². The summed E-state index contributed by atoms with van der Waals surface area (Å²) in [7, 11) is 1.79. The maximum absolute atomic E-state index is 16.0. The zero-order valence-corrected chi connectivity index (χ0v) is 23.8. The Hall–Kier alpha value is -5.96. The molecule has 0 fully saturated rings. The van der Waals surface area contributed by atoms with Crippen LogP contribution in [0.15, 0.2) is 91.8 Å². The number of halogens is 4. The lowest BCUT2D eigenvalue weighted by atomic mass is 9.89. The van der Waals surface area contributed by atoms with E-state index in [9.17, 15) is 18.0 Å². The normalized spacial score (nSPS) is 11.2.